The van der Waals surface area contributed by atoms with Crippen molar-refractivity contribution in [3.05, 3.63) is 54.0 Å². The minimum absolute atomic E-state index is 0.237. The second-order valence-corrected chi connectivity index (χ2v) is 8.12. The van der Waals surface area contributed by atoms with Crippen molar-refractivity contribution >= 4 is 34.8 Å². The maximum Gasteiger partial charge on any atom is 0.225 e. The van der Waals surface area contributed by atoms with E-state index in [9.17, 15) is 0 Å². The normalized spacial score (nSPS) is 15.9. The first kappa shape index (κ1) is 20.5. The van der Waals surface area contributed by atoms with Crippen molar-refractivity contribution in [1.29, 1.82) is 0 Å². The van der Waals surface area contributed by atoms with E-state index in [2.05, 4.69) is 25.1 Å². The molecule has 0 amide bonds. The number of morpholine rings is 1. The van der Waals surface area contributed by atoms with Crippen LogP contribution in [0.5, 0.6) is 0 Å². The average Bonchev–Trinajstić information content (AvgIpc) is 2.84. The maximum absolute atomic E-state index is 5.58. The molecule has 1 saturated heterocycles. The van der Waals surface area contributed by atoms with E-state index in [1.165, 1.54) is 5.56 Å². The molecular weight excluding hydrogens is 424 g/mol. The molecule has 0 radical (unpaired) electrons. The number of ether oxygens (including phenoxy) is 1. The smallest absolute Gasteiger partial charge is 0.225 e. The fourth-order valence-corrected chi connectivity index (χ4v) is 4.16. The summed E-state index contributed by atoms with van der Waals surface area (Å²) in [5, 5.41) is 3.18. The lowest BCUT2D eigenvalue weighted by atomic mass is 10.0. The molecule has 164 valence electrons. The van der Waals surface area contributed by atoms with Gasteiger partial charge in [-0.1, -0.05) is 0 Å². The number of thiocarbonyl (C=S) groups is 1. The molecule has 32 heavy (non-hydrogen) atoms. The summed E-state index contributed by atoms with van der Waals surface area (Å²) in [7, 11) is 0. The predicted molar refractivity (Wildman–Crippen MR) is 128 cm³/mol. The number of aromatic nitrogens is 4. The molecule has 1 fully saturated rings. The zero-order valence-electron chi connectivity index (χ0n) is 17.6. The van der Waals surface area contributed by atoms with E-state index in [1.54, 1.807) is 12.4 Å². The van der Waals surface area contributed by atoms with Crippen LogP contribution in [0.4, 0.5) is 17.5 Å². The lowest BCUT2D eigenvalue weighted by Gasteiger charge is -2.34. The quantitative estimate of drug-likeness (QED) is 0.576. The number of nitrogens with two attached hydrogens (primary N) is 1. The number of hydrogen-bond acceptors (Lipinski definition) is 8. The number of benzene rings is 1. The minimum atomic E-state index is 0.237. The SMILES string of the molecule is NC(=S)Nc1ccc(-c2nc3c(c(N4CCOCC4)n2)CCN(c2ncccn2)C3)cc1. The van der Waals surface area contributed by atoms with Crippen LogP contribution < -0.4 is 20.9 Å². The Morgan fingerprint density at radius 1 is 1.00 bits per heavy atom. The first-order chi connectivity index (χ1) is 15.7. The van der Waals surface area contributed by atoms with Gasteiger partial charge in [-0.3, -0.25) is 0 Å². The maximum atomic E-state index is 5.58. The molecule has 9 nitrogen and oxygen atoms in total. The number of anilines is 3. The summed E-state index contributed by atoms with van der Waals surface area (Å²) >= 11 is 4.92. The van der Waals surface area contributed by atoms with Crippen LogP contribution in [-0.4, -0.2) is 57.9 Å². The highest BCUT2D eigenvalue weighted by Gasteiger charge is 2.27. The summed E-state index contributed by atoms with van der Waals surface area (Å²) in [4.78, 5) is 23.3. The van der Waals surface area contributed by atoms with Crippen LogP contribution in [0.25, 0.3) is 11.4 Å². The Balaban J connectivity index is 1.52. The molecule has 10 heteroatoms. The second-order valence-electron chi connectivity index (χ2n) is 7.68. The van der Waals surface area contributed by atoms with Crippen molar-refractivity contribution in [2.45, 2.75) is 13.0 Å². The highest BCUT2D eigenvalue weighted by molar-refractivity contribution is 7.80. The van der Waals surface area contributed by atoms with Crippen molar-refractivity contribution in [3.63, 3.8) is 0 Å². The van der Waals surface area contributed by atoms with Crippen LogP contribution >= 0.6 is 12.2 Å². The van der Waals surface area contributed by atoms with Crippen LogP contribution in [-0.2, 0) is 17.7 Å². The van der Waals surface area contributed by atoms with Gasteiger partial charge >= 0.3 is 0 Å². The Hall–Kier alpha value is -3.37. The van der Waals surface area contributed by atoms with Gasteiger partial charge in [-0.25, -0.2) is 19.9 Å². The highest BCUT2D eigenvalue weighted by Crippen LogP contribution is 2.31. The van der Waals surface area contributed by atoms with Crippen LogP contribution in [0, 0.1) is 0 Å². The van der Waals surface area contributed by atoms with E-state index in [4.69, 9.17) is 32.7 Å². The Kier molecular flexibility index (Phi) is 5.78. The number of hydrogen-bond donors (Lipinski definition) is 2. The first-order valence-corrected chi connectivity index (χ1v) is 11.0. The topological polar surface area (TPSA) is 105 Å². The molecule has 0 unspecified atom stereocenters. The molecule has 4 heterocycles. The third-order valence-corrected chi connectivity index (χ3v) is 5.70. The molecule has 0 atom stereocenters. The Labute approximate surface area is 191 Å². The van der Waals surface area contributed by atoms with Crippen LogP contribution in [0.2, 0.25) is 0 Å². The zero-order valence-corrected chi connectivity index (χ0v) is 18.4. The van der Waals surface area contributed by atoms with Gasteiger partial charge in [-0.15, -0.1) is 0 Å². The Morgan fingerprint density at radius 2 is 1.75 bits per heavy atom. The van der Waals surface area contributed by atoms with Gasteiger partial charge in [0, 0.05) is 48.8 Å². The molecular formula is C22H24N8OS. The summed E-state index contributed by atoms with van der Waals surface area (Å²) in [6, 6.07) is 9.64. The fourth-order valence-electron chi connectivity index (χ4n) is 4.05. The molecule has 0 bridgehead atoms. The monoisotopic (exact) mass is 448 g/mol. The van der Waals surface area contributed by atoms with E-state index < -0.39 is 0 Å². The highest BCUT2D eigenvalue weighted by atomic mass is 32.1. The van der Waals surface area contributed by atoms with Gasteiger partial charge in [0.1, 0.15) is 5.82 Å². The molecule has 1 aromatic carbocycles. The largest absolute Gasteiger partial charge is 0.378 e. The third kappa shape index (κ3) is 4.32. The lowest BCUT2D eigenvalue weighted by Crippen LogP contribution is -2.39. The molecule has 0 spiro atoms. The lowest BCUT2D eigenvalue weighted by molar-refractivity contribution is 0.122. The summed E-state index contributed by atoms with van der Waals surface area (Å²) in [6.45, 7) is 4.54. The number of rotatable bonds is 4. The van der Waals surface area contributed by atoms with Crippen molar-refractivity contribution < 1.29 is 4.74 Å². The van der Waals surface area contributed by atoms with Crippen molar-refractivity contribution in [2.24, 2.45) is 5.73 Å². The van der Waals surface area contributed by atoms with Gasteiger partial charge in [-0.05, 0) is 49.0 Å². The molecule has 3 N–H and O–H groups in total. The molecule has 0 aliphatic carbocycles. The summed E-state index contributed by atoms with van der Waals surface area (Å²) in [6.07, 6.45) is 4.38. The van der Waals surface area contributed by atoms with E-state index in [0.29, 0.717) is 25.6 Å². The molecule has 2 aliphatic heterocycles. The fraction of sp³-hybridized carbons (Fsp3) is 0.318. The Morgan fingerprint density at radius 3 is 2.47 bits per heavy atom. The van der Waals surface area contributed by atoms with Crippen LogP contribution in [0.3, 0.4) is 0 Å². The number of nitrogens with zero attached hydrogens (tertiary/aromatic N) is 6. The van der Waals surface area contributed by atoms with Gasteiger partial charge in [0.15, 0.2) is 10.9 Å². The van der Waals surface area contributed by atoms with Crippen LogP contribution in [0.1, 0.15) is 11.3 Å². The van der Waals surface area contributed by atoms with Crippen molar-refractivity contribution in [2.75, 3.05) is 48.0 Å². The van der Waals surface area contributed by atoms with Crippen molar-refractivity contribution in [1.82, 2.24) is 19.9 Å². The molecule has 2 aromatic heterocycles. The summed E-state index contributed by atoms with van der Waals surface area (Å²) in [5.41, 5.74) is 9.56. The second kappa shape index (κ2) is 9.01. The summed E-state index contributed by atoms with van der Waals surface area (Å²) in [5.74, 6) is 2.43. The van der Waals surface area contributed by atoms with Gasteiger partial charge in [0.25, 0.3) is 0 Å². The third-order valence-electron chi connectivity index (χ3n) is 5.60. The Bertz CT molecular complexity index is 1100. The average molecular weight is 449 g/mol. The molecule has 3 aromatic rings. The first-order valence-electron chi connectivity index (χ1n) is 10.6. The molecule has 2 aliphatic rings. The molecule has 0 saturated carbocycles. The summed E-state index contributed by atoms with van der Waals surface area (Å²) < 4.78 is 5.56. The van der Waals surface area contributed by atoms with Crippen molar-refractivity contribution in [3.8, 4) is 11.4 Å². The standard InChI is InChI=1S/C22H24N8OS/c23-21(32)26-16-4-2-15(3-5-16)19-27-18-14-30(22-24-7-1-8-25-22)9-6-17(18)20(28-19)29-10-12-31-13-11-29/h1-5,7-8H,6,9-14H2,(H3,23,26,32). The van der Waals surface area contributed by atoms with Gasteiger partial charge in [-0.2, -0.15) is 0 Å². The number of nitrogens with one attached hydrogen (secondary N) is 1. The minimum Gasteiger partial charge on any atom is -0.378 e. The number of fused-ring (bicyclic) bond motifs is 1. The van der Waals surface area contributed by atoms with Crippen LogP contribution in [0.15, 0.2) is 42.7 Å². The zero-order chi connectivity index (χ0) is 21.9. The van der Waals surface area contributed by atoms with Gasteiger partial charge in [0.05, 0.1) is 25.5 Å². The molecule has 5 rings (SSSR count). The predicted octanol–water partition coefficient (Wildman–Crippen LogP) is 1.99. The van der Waals surface area contributed by atoms with E-state index in [1.807, 2.05) is 30.3 Å². The van der Waals surface area contributed by atoms with E-state index >= 15 is 0 Å². The van der Waals surface area contributed by atoms with E-state index in [-0.39, 0.29) is 5.11 Å². The van der Waals surface area contributed by atoms with Gasteiger partial charge < -0.3 is 25.6 Å². The van der Waals surface area contributed by atoms with Gasteiger partial charge in [0.2, 0.25) is 5.95 Å². The van der Waals surface area contributed by atoms with E-state index in [0.717, 1.165) is 54.8 Å².